The van der Waals surface area contributed by atoms with Crippen LogP contribution in [0, 0.1) is 12.7 Å². The lowest BCUT2D eigenvalue weighted by Gasteiger charge is -2.28. The van der Waals surface area contributed by atoms with E-state index >= 15 is 0 Å². The van der Waals surface area contributed by atoms with Crippen molar-refractivity contribution in [2.45, 2.75) is 19.5 Å². The van der Waals surface area contributed by atoms with Gasteiger partial charge in [0.05, 0.1) is 0 Å². The average Bonchev–Trinajstić information content (AvgIpc) is 2.46. The summed E-state index contributed by atoms with van der Waals surface area (Å²) in [4.78, 5) is 2.13. The van der Waals surface area contributed by atoms with Crippen molar-refractivity contribution in [2.24, 2.45) is 5.73 Å². The molecule has 2 nitrogen and oxygen atoms in total. The fourth-order valence-corrected chi connectivity index (χ4v) is 2.63. The van der Waals surface area contributed by atoms with Crippen LogP contribution in [0.3, 0.4) is 0 Å². The number of benzene rings is 2. The van der Waals surface area contributed by atoms with Gasteiger partial charge < -0.3 is 5.73 Å². The van der Waals surface area contributed by atoms with Crippen LogP contribution in [0.2, 0.25) is 5.02 Å². The Morgan fingerprint density at radius 3 is 2.48 bits per heavy atom. The zero-order valence-electron chi connectivity index (χ0n) is 12.3. The van der Waals surface area contributed by atoms with E-state index in [-0.39, 0.29) is 11.9 Å². The van der Waals surface area contributed by atoms with Gasteiger partial charge in [-0.25, -0.2) is 4.39 Å². The molecule has 0 aliphatic rings. The van der Waals surface area contributed by atoms with Crippen molar-refractivity contribution >= 4 is 11.6 Å². The summed E-state index contributed by atoms with van der Waals surface area (Å²) in [6.45, 7) is 3.15. The van der Waals surface area contributed by atoms with Gasteiger partial charge in [0.25, 0.3) is 0 Å². The largest absolute Gasteiger partial charge is 0.329 e. The van der Waals surface area contributed by atoms with Gasteiger partial charge >= 0.3 is 0 Å². The van der Waals surface area contributed by atoms with Gasteiger partial charge in [-0.15, -0.1) is 0 Å². The zero-order chi connectivity index (χ0) is 15.4. The molecule has 2 aromatic rings. The molecular weight excluding hydrogens is 287 g/mol. The molecule has 0 spiro atoms. The van der Waals surface area contributed by atoms with Crippen LogP contribution in [0.5, 0.6) is 0 Å². The summed E-state index contributed by atoms with van der Waals surface area (Å²) in [6.07, 6.45) is 0. The van der Waals surface area contributed by atoms with Crippen LogP contribution in [0.4, 0.5) is 4.39 Å². The molecule has 0 amide bonds. The molecule has 1 atom stereocenters. The third-order valence-corrected chi connectivity index (χ3v) is 3.95. The van der Waals surface area contributed by atoms with Crippen LogP contribution >= 0.6 is 11.6 Å². The van der Waals surface area contributed by atoms with Gasteiger partial charge in [-0.2, -0.15) is 0 Å². The summed E-state index contributed by atoms with van der Waals surface area (Å²) in [7, 11) is 2.00. The molecular formula is C17H20ClFN2. The summed E-state index contributed by atoms with van der Waals surface area (Å²) >= 11 is 5.90. The summed E-state index contributed by atoms with van der Waals surface area (Å²) in [5, 5.41) is 0.720. The molecule has 0 radical (unpaired) electrons. The molecule has 0 aliphatic heterocycles. The van der Waals surface area contributed by atoms with Crippen molar-refractivity contribution in [2.75, 3.05) is 13.6 Å². The zero-order valence-corrected chi connectivity index (χ0v) is 13.1. The second-order valence-corrected chi connectivity index (χ2v) is 5.73. The minimum Gasteiger partial charge on any atom is -0.329 e. The predicted molar refractivity (Wildman–Crippen MR) is 85.9 cm³/mol. The summed E-state index contributed by atoms with van der Waals surface area (Å²) in [5.74, 6) is -0.228. The first-order valence-electron chi connectivity index (χ1n) is 6.92. The Labute approximate surface area is 130 Å². The maximum Gasteiger partial charge on any atom is 0.123 e. The summed E-state index contributed by atoms with van der Waals surface area (Å²) in [5.41, 5.74) is 9.05. The van der Waals surface area contributed by atoms with Crippen LogP contribution < -0.4 is 5.73 Å². The molecule has 0 saturated heterocycles. The van der Waals surface area contributed by atoms with E-state index in [1.807, 2.05) is 38.2 Å². The number of aryl methyl sites for hydroxylation is 1. The fraction of sp³-hybridized carbons (Fsp3) is 0.294. The highest BCUT2D eigenvalue weighted by Crippen LogP contribution is 2.24. The Morgan fingerprint density at radius 2 is 1.86 bits per heavy atom. The topological polar surface area (TPSA) is 29.3 Å². The molecule has 2 rings (SSSR count). The van der Waals surface area contributed by atoms with E-state index in [9.17, 15) is 4.39 Å². The number of nitrogens with zero attached hydrogens (tertiary/aromatic N) is 1. The number of nitrogens with two attached hydrogens (primary N) is 1. The molecule has 0 fully saturated rings. The minimum absolute atomic E-state index is 0.0172. The molecule has 4 heteroatoms. The maximum absolute atomic E-state index is 13.5. The van der Waals surface area contributed by atoms with Crippen molar-refractivity contribution in [3.63, 3.8) is 0 Å². The fourth-order valence-electron chi connectivity index (χ4n) is 2.50. The lowest BCUT2D eigenvalue weighted by atomic mass is 9.99. The lowest BCUT2D eigenvalue weighted by Crippen LogP contribution is -2.30. The van der Waals surface area contributed by atoms with Gasteiger partial charge in [-0.3, -0.25) is 4.90 Å². The van der Waals surface area contributed by atoms with Crippen LogP contribution in [0.15, 0.2) is 42.5 Å². The number of halogens is 2. The van der Waals surface area contributed by atoms with Crippen molar-refractivity contribution in [1.29, 1.82) is 0 Å². The van der Waals surface area contributed by atoms with Gasteiger partial charge in [0.1, 0.15) is 5.82 Å². The van der Waals surface area contributed by atoms with Gasteiger partial charge in [-0.1, -0.05) is 29.8 Å². The molecule has 2 N–H and O–H groups in total. The van der Waals surface area contributed by atoms with Gasteiger partial charge in [0.15, 0.2) is 0 Å². The number of hydrogen-bond donors (Lipinski definition) is 1. The summed E-state index contributed by atoms with van der Waals surface area (Å²) in [6, 6.07) is 12.6. The Hall–Kier alpha value is -1.42. The van der Waals surface area contributed by atoms with Crippen LogP contribution in [-0.2, 0) is 6.54 Å². The van der Waals surface area contributed by atoms with E-state index in [0.717, 1.165) is 28.3 Å². The third kappa shape index (κ3) is 4.03. The second kappa shape index (κ2) is 7.03. The van der Waals surface area contributed by atoms with E-state index in [1.54, 1.807) is 12.1 Å². The van der Waals surface area contributed by atoms with E-state index in [0.29, 0.717) is 6.54 Å². The molecule has 1 unspecified atom stereocenters. The summed E-state index contributed by atoms with van der Waals surface area (Å²) < 4.78 is 13.5. The standard InChI is InChI=1S/C17H20ClFN2/c1-12-3-8-15(19)9-16(12)17(10-20)21(2)11-13-4-6-14(18)7-5-13/h3-9,17H,10-11,20H2,1-2H3. The number of rotatable bonds is 5. The van der Waals surface area contributed by atoms with Crippen molar-refractivity contribution in [3.8, 4) is 0 Å². The van der Waals surface area contributed by atoms with Crippen molar-refractivity contribution in [3.05, 3.63) is 70.0 Å². The first-order valence-corrected chi connectivity index (χ1v) is 7.30. The van der Waals surface area contributed by atoms with Gasteiger partial charge in [0.2, 0.25) is 0 Å². The molecule has 0 saturated carbocycles. The molecule has 2 aromatic carbocycles. The van der Waals surface area contributed by atoms with Gasteiger partial charge in [0, 0.05) is 24.2 Å². The average molecular weight is 307 g/mol. The normalized spacial score (nSPS) is 12.7. The van der Waals surface area contributed by atoms with E-state index in [1.165, 1.54) is 6.07 Å². The monoisotopic (exact) mass is 306 g/mol. The highest BCUT2D eigenvalue weighted by Gasteiger charge is 2.18. The molecule has 0 aliphatic carbocycles. The van der Waals surface area contributed by atoms with Crippen molar-refractivity contribution < 1.29 is 4.39 Å². The van der Waals surface area contributed by atoms with E-state index < -0.39 is 0 Å². The van der Waals surface area contributed by atoms with E-state index in [2.05, 4.69) is 4.90 Å². The molecule has 21 heavy (non-hydrogen) atoms. The maximum atomic E-state index is 13.5. The Morgan fingerprint density at radius 1 is 1.19 bits per heavy atom. The second-order valence-electron chi connectivity index (χ2n) is 5.29. The quantitative estimate of drug-likeness (QED) is 0.907. The SMILES string of the molecule is Cc1ccc(F)cc1C(CN)N(C)Cc1ccc(Cl)cc1. The highest BCUT2D eigenvalue weighted by atomic mass is 35.5. The van der Waals surface area contributed by atoms with Crippen molar-refractivity contribution in [1.82, 2.24) is 4.90 Å². The number of hydrogen-bond acceptors (Lipinski definition) is 2. The smallest absolute Gasteiger partial charge is 0.123 e. The van der Waals surface area contributed by atoms with Crippen LogP contribution in [0.1, 0.15) is 22.7 Å². The number of likely N-dealkylation sites (N-methyl/N-ethyl adjacent to an activating group) is 1. The molecule has 112 valence electrons. The van der Waals surface area contributed by atoms with E-state index in [4.69, 9.17) is 17.3 Å². The first kappa shape index (κ1) is 16.0. The lowest BCUT2D eigenvalue weighted by molar-refractivity contribution is 0.240. The minimum atomic E-state index is -0.228. The van der Waals surface area contributed by atoms with Crippen LogP contribution in [-0.4, -0.2) is 18.5 Å². The molecule has 0 aromatic heterocycles. The molecule has 0 heterocycles. The third-order valence-electron chi connectivity index (χ3n) is 3.70. The Balaban J connectivity index is 2.20. The first-order chi connectivity index (χ1) is 10.0. The van der Waals surface area contributed by atoms with Crippen LogP contribution in [0.25, 0.3) is 0 Å². The Bertz CT molecular complexity index is 598. The van der Waals surface area contributed by atoms with Gasteiger partial charge in [-0.05, 0) is 54.9 Å². The Kier molecular flexibility index (Phi) is 5.34. The highest BCUT2D eigenvalue weighted by molar-refractivity contribution is 6.30. The molecule has 0 bridgehead atoms. The predicted octanol–water partition coefficient (Wildman–Crippen LogP) is 3.92.